The second-order valence-electron chi connectivity index (χ2n) is 7.43. The molecule has 0 aromatic carbocycles. The monoisotopic (exact) mass is 306 g/mol. The lowest BCUT2D eigenvalue weighted by molar-refractivity contribution is 0.386. The van der Waals surface area contributed by atoms with Crippen LogP contribution in [-0.2, 0) is 4.12 Å². The van der Waals surface area contributed by atoms with Crippen molar-refractivity contribution in [3.8, 4) is 0 Å². The van der Waals surface area contributed by atoms with E-state index in [4.69, 9.17) is 4.12 Å². The number of hydrogen-bond donors (Lipinski definition) is 0. The molecular formula is C14H35OPSi2. The highest BCUT2D eigenvalue weighted by atomic mass is 31.1. The summed E-state index contributed by atoms with van der Waals surface area (Å²) in [6, 6.07) is 1.36. The van der Waals surface area contributed by atoms with Crippen molar-refractivity contribution in [2.45, 2.75) is 66.3 Å². The fourth-order valence-corrected chi connectivity index (χ4v) is 11.3. The van der Waals surface area contributed by atoms with Crippen LogP contribution in [0.4, 0.5) is 0 Å². The third-order valence-electron chi connectivity index (χ3n) is 3.29. The van der Waals surface area contributed by atoms with Gasteiger partial charge in [0.15, 0.2) is 17.4 Å². The Morgan fingerprint density at radius 2 is 1.83 bits per heavy atom. The fraction of sp³-hybridized carbons (Fsp3) is 1.00. The summed E-state index contributed by atoms with van der Waals surface area (Å²) in [6.07, 6.45) is 4.12. The van der Waals surface area contributed by atoms with Gasteiger partial charge >= 0.3 is 0 Å². The van der Waals surface area contributed by atoms with Crippen LogP contribution in [0.1, 0.15) is 34.1 Å². The van der Waals surface area contributed by atoms with E-state index in [1.54, 1.807) is 0 Å². The van der Waals surface area contributed by atoms with Crippen LogP contribution in [0.5, 0.6) is 0 Å². The van der Waals surface area contributed by atoms with Crippen LogP contribution in [0.15, 0.2) is 0 Å². The summed E-state index contributed by atoms with van der Waals surface area (Å²) >= 11 is 0. The standard InChI is InChI=1S/C14H35OPSi2/c1-9-14(4,11-16-10-13(2)3)12-17(5)15-18(6,7)8/h13,16-17H,9-12H2,1-8H3. The van der Waals surface area contributed by atoms with E-state index < -0.39 is 17.4 Å². The van der Waals surface area contributed by atoms with Gasteiger partial charge in [0.1, 0.15) is 0 Å². The van der Waals surface area contributed by atoms with Crippen LogP contribution in [0, 0.1) is 11.3 Å². The third-order valence-corrected chi connectivity index (χ3v) is 11.5. The van der Waals surface area contributed by atoms with E-state index in [2.05, 4.69) is 53.9 Å². The van der Waals surface area contributed by atoms with E-state index in [1.165, 1.54) is 24.8 Å². The highest BCUT2D eigenvalue weighted by Gasteiger charge is 2.28. The molecule has 0 aliphatic carbocycles. The van der Waals surface area contributed by atoms with Crippen LogP contribution in [0.2, 0.25) is 32.2 Å². The van der Waals surface area contributed by atoms with Crippen molar-refractivity contribution in [1.29, 1.82) is 0 Å². The predicted molar refractivity (Wildman–Crippen MR) is 93.5 cm³/mol. The highest BCUT2D eigenvalue weighted by Crippen LogP contribution is 2.36. The molecule has 110 valence electrons. The second-order valence-corrected chi connectivity index (χ2v) is 15.9. The molecule has 0 saturated heterocycles. The Kier molecular flexibility index (Phi) is 8.56. The summed E-state index contributed by atoms with van der Waals surface area (Å²) in [5.74, 6) is 0.859. The molecule has 0 heterocycles. The van der Waals surface area contributed by atoms with Crippen molar-refractivity contribution in [3.63, 3.8) is 0 Å². The molecule has 3 atom stereocenters. The van der Waals surface area contributed by atoms with Crippen molar-refractivity contribution in [1.82, 2.24) is 0 Å². The molecule has 0 aliphatic heterocycles. The predicted octanol–water partition coefficient (Wildman–Crippen LogP) is 4.94. The largest absolute Gasteiger partial charge is 0.458 e. The van der Waals surface area contributed by atoms with Crippen LogP contribution in [-0.4, -0.2) is 29.7 Å². The zero-order valence-electron chi connectivity index (χ0n) is 13.9. The van der Waals surface area contributed by atoms with Gasteiger partial charge in [0.05, 0.1) is 0 Å². The van der Waals surface area contributed by atoms with Crippen LogP contribution >= 0.6 is 8.58 Å². The average molecular weight is 307 g/mol. The highest BCUT2D eigenvalue weighted by molar-refractivity contribution is 7.38. The smallest absolute Gasteiger partial charge is 0.170 e. The molecule has 0 saturated carbocycles. The minimum Gasteiger partial charge on any atom is -0.458 e. The van der Waals surface area contributed by atoms with Gasteiger partial charge in [-0.25, -0.2) is 0 Å². The molecule has 0 aliphatic rings. The molecule has 0 aromatic rings. The van der Waals surface area contributed by atoms with Gasteiger partial charge in [0, 0.05) is 0 Å². The first-order chi connectivity index (χ1) is 8.08. The molecule has 0 aromatic heterocycles. The molecule has 18 heavy (non-hydrogen) atoms. The van der Waals surface area contributed by atoms with Crippen LogP contribution < -0.4 is 0 Å². The van der Waals surface area contributed by atoms with Gasteiger partial charge in [0.25, 0.3) is 0 Å². The molecule has 0 amide bonds. The van der Waals surface area contributed by atoms with Crippen molar-refractivity contribution in [3.05, 3.63) is 0 Å². The SMILES string of the molecule is CCC(C)(CPCC(C)C)C[SiH](C)O[Si](C)(C)C. The third kappa shape index (κ3) is 9.71. The first-order valence-corrected chi connectivity index (χ1v) is 14.7. The molecular weight excluding hydrogens is 271 g/mol. The number of rotatable bonds is 9. The van der Waals surface area contributed by atoms with Crippen molar-refractivity contribution < 1.29 is 4.12 Å². The lowest BCUT2D eigenvalue weighted by atomic mass is 9.93. The second kappa shape index (κ2) is 8.19. The number of hydrogen-bond acceptors (Lipinski definition) is 1. The Labute approximate surface area is 120 Å². The van der Waals surface area contributed by atoms with E-state index in [0.29, 0.717) is 5.41 Å². The Balaban J connectivity index is 4.20. The summed E-state index contributed by atoms with van der Waals surface area (Å²) in [4.78, 5) is 0. The molecule has 0 spiro atoms. The Morgan fingerprint density at radius 1 is 1.28 bits per heavy atom. The molecule has 0 radical (unpaired) electrons. The van der Waals surface area contributed by atoms with E-state index in [1.807, 2.05) is 0 Å². The summed E-state index contributed by atoms with van der Waals surface area (Å²) in [6.45, 7) is 18.9. The normalized spacial score (nSPS) is 18.5. The minimum atomic E-state index is -1.32. The quantitative estimate of drug-likeness (QED) is 0.433. The molecule has 0 bridgehead atoms. The molecule has 1 nitrogen and oxygen atoms in total. The maximum atomic E-state index is 6.34. The molecule has 0 N–H and O–H groups in total. The first-order valence-electron chi connectivity index (χ1n) is 7.46. The van der Waals surface area contributed by atoms with Gasteiger partial charge in [-0.05, 0) is 55.9 Å². The van der Waals surface area contributed by atoms with Crippen molar-refractivity contribution >= 4 is 25.9 Å². The Bertz CT molecular complexity index is 228. The first kappa shape index (κ1) is 18.8. The molecule has 4 heteroatoms. The van der Waals surface area contributed by atoms with E-state index >= 15 is 0 Å². The molecule has 3 unspecified atom stereocenters. The van der Waals surface area contributed by atoms with Gasteiger partial charge in [-0.2, -0.15) is 0 Å². The maximum absolute atomic E-state index is 6.34. The maximum Gasteiger partial charge on any atom is 0.170 e. The van der Waals surface area contributed by atoms with Gasteiger partial charge in [-0.15, -0.1) is 8.58 Å². The van der Waals surface area contributed by atoms with Gasteiger partial charge < -0.3 is 4.12 Å². The average Bonchev–Trinajstić information content (AvgIpc) is 2.13. The topological polar surface area (TPSA) is 9.23 Å². The van der Waals surface area contributed by atoms with Crippen molar-refractivity contribution in [2.24, 2.45) is 11.3 Å². The van der Waals surface area contributed by atoms with Crippen molar-refractivity contribution in [2.75, 3.05) is 12.3 Å². The fourth-order valence-electron chi connectivity index (χ4n) is 2.34. The zero-order valence-corrected chi connectivity index (χ0v) is 17.0. The van der Waals surface area contributed by atoms with E-state index in [0.717, 1.165) is 14.5 Å². The molecule has 0 fully saturated rings. The summed E-state index contributed by atoms with van der Waals surface area (Å²) < 4.78 is 6.34. The van der Waals surface area contributed by atoms with Gasteiger partial charge in [0.2, 0.25) is 0 Å². The van der Waals surface area contributed by atoms with Crippen LogP contribution in [0.3, 0.4) is 0 Å². The van der Waals surface area contributed by atoms with Gasteiger partial charge in [-0.1, -0.05) is 34.1 Å². The van der Waals surface area contributed by atoms with E-state index in [-0.39, 0.29) is 0 Å². The Morgan fingerprint density at radius 3 is 2.22 bits per heavy atom. The minimum absolute atomic E-state index is 0.540. The lowest BCUT2D eigenvalue weighted by Gasteiger charge is -2.33. The Hall–Kier alpha value is 0.824. The summed E-state index contributed by atoms with van der Waals surface area (Å²) in [5.41, 5.74) is 0.540. The van der Waals surface area contributed by atoms with Gasteiger partial charge in [-0.3, -0.25) is 0 Å². The lowest BCUT2D eigenvalue weighted by Crippen LogP contribution is -2.36. The summed E-state index contributed by atoms with van der Waals surface area (Å²) in [7, 11) is -1.15. The zero-order chi connectivity index (χ0) is 14.4. The van der Waals surface area contributed by atoms with Crippen LogP contribution in [0.25, 0.3) is 0 Å². The summed E-state index contributed by atoms with van der Waals surface area (Å²) in [5, 5.41) is 0. The van der Waals surface area contributed by atoms with E-state index in [9.17, 15) is 0 Å². The molecule has 0 rings (SSSR count).